The first-order chi connectivity index (χ1) is 17.0. The van der Waals surface area contributed by atoms with Gasteiger partial charge in [0.1, 0.15) is 0 Å². The molecule has 0 N–H and O–H groups in total. The van der Waals surface area contributed by atoms with Crippen molar-refractivity contribution < 1.29 is 17.9 Å². The minimum absolute atomic E-state index is 0.135. The van der Waals surface area contributed by atoms with Gasteiger partial charge in [-0.2, -0.15) is 0 Å². The number of aryl methyl sites for hydroxylation is 2. The van der Waals surface area contributed by atoms with E-state index in [1.165, 1.54) is 15.9 Å². The third kappa shape index (κ3) is 5.92. The van der Waals surface area contributed by atoms with E-state index >= 15 is 0 Å². The van der Waals surface area contributed by atoms with Gasteiger partial charge < -0.3 is 9.64 Å². The molecule has 0 bridgehead atoms. The number of methoxy groups -OCH3 is 1. The molecule has 35 heavy (non-hydrogen) atoms. The van der Waals surface area contributed by atoms with Crippen LogP contribution in [0.2, 0.25) is 0 Å². The summed E-state index contributed by atoms with van der Waals surface area (Å²) in [4.78, 5) is 15.3. The third-order valence-electron chi connectivity index (χ3n) is 6.33. The number of ether oxygens (including phenoxy) is 1. The molecule has 0 aromatic heterocycles. The highest BCUT2D eigenvalue weighted by Gasteiger charge is 2.29. The lowest BCUT2D eigenvalue weighted by atomic mass is 10.0. The summed E-state index contributed by atoms with van der Waals surface area (Å²) < 4.78 is 33.8. The molecule has 1 aliphatic heterocycles. The van der Waals surface area contributed by atoms with Crippen LogP contribution < -0.4 is 4.31 Å². The number of sulfonamides is 1. The van der Waals surface area contributed by atoms with Gasteiger partial charge >= 0.3 is 0 Å². The van der Waals surface area contributed by atoms with Crippen LogP contribution in [-0.2, 0) is 27.6 Å². The van der Waals surface area contributed by atoms with Gasteiger partial charge in [-0.05, 0) is 61.1 Å². The predicted octanol–water partition coefficient (Wildman–Crippen LogP) is 4.55. The van der Waals surface area contributed by atoms with E-state index in [0.29, 0.717) is 31.8 Å². The standard InChI is InChI=1S/C28H32N2O4S/c1-34-21-20-29(18-8-12-23-10-3-2-4-11-23)28(31)25-14-7-16-26(22-25)35(32,33)30-19-9-15-24-13-5-6-17-27(24)30/h2-7,10-11,13-14,16-17,22H,8-9,12,15,18-21H2,1H3. The number of amides is 1. The molecule has 1 amide bonds. The highest BCUT2D eigenvalue weighted by molar-refractivity contribution is 7.92. The van der Waals surface area contributed by atoms with E-state index < -0.39 is 10.0 Å². The molecule has 3 aromatic carbocycles. The zero-order valence-electron chi connectivity index (χ0n) is 20.1. The Bertz CT molecular complexity index is 1240. The van der Waals surface area contributed by atoms with E-state index in [4.69, 9.17) is 4.74 Å². The van der Waals surface area contributed by atoms with Gasteiger partial charge in [0.25, 0.3) is 15.9 Å². The van der Waals surface area contributed by atoms with Crippen LogP contribution in [-0.4, -0.2) is 52.6 Å². The van der Waals surface area contributed by atoms with Gasteiger partial charge in [0.15, 0.2) is 0 Å². The SMILES string of the molecule is COCCN(CCCc1ccccc1)C(=O)c1cccc(S(=O)(=O)N2CCCc3ccccc32)c1. The number of benzene rings is 3. The summed E-state index contributed by atoms with van der Waals surface area (Å²) >= 11 is 0. The molecule has 0 spiro atoms. The van der Waals surface area contributed by atoms with E-state index in [2.05, 4.69) is 12.1 Å². The number of anilines is 1. The Labute approximate surface area is 208 Å². The smallest absolute Gasteiger partial charge is 0.264 e. The Morgan fingerprint density at radius 1 is 0.971 bits per heavy atom. The molecule has 1 aliphatic rings. The van der Waals surface area contributed by atoms with Gasteiger partial charge in [-0.1, -0.05) is 54.6 Å². The van der Waals surface area contributed by atoms with Crippen molar-refractivity contribution in [3.8, 4) is 0 Å². The van der Waals surface area contributed by atoms with Crippen LogP contribution in [0.15, 0.2) is 83.8 Å². The molecule has 0 radical (unpaired) electrons. The number of rotatable bonds is 10. The Hall–Kier alpha value is -3.16. The van der Waals surface area contributed by atoms with Crippen molar-refractivity contribution in [2.45, 2.75) is 30.6 Å². The maximum atomic E-state index is 13.6. The number of carbonyl (C=O) groups is 1. The second kappa shape index (κ2) is 11.5. The third-order valence-corrected chi connectivity index (χ3v) is 8.13. The number of nitrogens with zero attached hydrogens (tertiary/aromatic N) is 2. The van der Waals surface area contributed by atoms with Crippen molar-refractivity contribution in [2.24, 2.45) is 0 Å². The fourth-order valence-corrected chi connectivity index (χ4v) is 6.07. The van der Waals surface area contributed by atoms with Gasteiger partial charge in [0.05, 0.1) is 17.2 Å². The molecule has 7 heteroatoms. The first-order valence-electron chi connectivity index (χ1n) is 12.0. The molecule has 4 rings (SSSR count). The molecular formula is C28H32N2O4S. The minimum Gasteiger partial charge on any atom is -0.383 e. The molecule has 0 saturated carbocycles. The van der Waals surface area contributed by atoms with Crippen LogP contribution in [0.1, 0.15) is 34.3 Å². The van der Waals surface area contributed by atoms with E-state index in [1.54, 1.807) is 30.2 Å². The summed E-state index contributed by atoms with van der Waals surface area (Å²) in [5, 5.41) is 0. The maximum absolute atomic E-state index is 13.6. The summed E-state index contributed by atoms with van der Waals surface area (Å²) in [6, 6.07) is 24.2. The van der Waals surface area contributed by atoms with E-state index in [-0.39, 0.29) is 10.8 Å². The molecule has 0 fully saturated rings. The van der Waals surface area contributed by atoms with E-state index in [1.807, 2.05) is 42.5 Å². The quantitative estimate of drug-likeness (QED) is 0.417. The zero-order chi connectivity index (χ0) is 24.7. The van der Waals surface area contributed by atoms with Crippen LogP contribution in [0.25, 0.3) is 0 Å². The molecule has 1 heterocycles. The Morgan fingerprint density at radius 2 is 1.74 bits per heavy atom. The highest BCUT2D eigenvalue weighted by Crippen LogP contribution is 2.32. The zero-order valence-corrected chi connectivity index (χ0v) is 20.9. The van der Waals surface area contributed by atoms with Gasteiger partial charge in [0.2, 0.25) is 0 Å². The Balaban J connectivity index is 1.53. The largest absolute Gasteiger partial charge is 0.383 e. The van der Waals surface area contributed by atoms with Gasteiger partial charge in [0, 0.05) is 32.3 Å². The first kappa shape index (κ1) is 24.9. The van der Waals surface area contributed by atoms with E-state index in [0.717, 1.165) is 36.9 Å². The molecule has 6 nitrogen and oxygen atoms in total. The van der Waals surface area contributed by atoms with Crippen molar-refractivity contribution in [1.82, 2.24) is 4.90 Å². The molecule has 0 unspecified atom stereocenters. The number of hydrogen-bond acceptors (Lipinski definition) is 4. The van der Waals surface area contributed by atoms with Crippen molar-refractivity contribution in [1.29, 1.82) is 0 Å². The highest BCUT2D eigenvalue weighted by atomic mass is 32.2. The summed E-state index contributed by atoms with van der Waals surface area (Å²) in [6.07, 6.45) is 3.29. The normalized spacial score (nSPS) is 13.3. The second-order valence-electron chi connectivity index (χ2n) is 8.71. The lowest BCUT2D eigenvalue weighted by Crippen LogP contribution is -2.36. The number of hydrogen-bond donors (Lipinski definition) is 0. The lowest BCUT2D eigenvalue weighted by molar-refractivity contribution is 0.0693. The number of fused-ring (bicyclic) bond motifs is 1. The number of para-hydroxylation sites is 1. The maximum Gasteiger partial charge on any atom is 0.264 e. The van der Waals surface area contributed by atoms with Crippen LogP contribution in [0.3, 0.4) is 0 Å². The first-order valence-corrected chi connectivity index (χ1v) is 13.5. The molecule has 3 aromatic rings. The average Bonchev–Trinajstić information content (AvgIpc) is 2.90. The summed E-state index contributed by atoms with van der Waals surface area (Å²) in [5.74, 6) is -0.189. The van der Waals surface area contributed by atoms with E-state index in [9.17, 15) is 13.2 Å². The monoisotopic (exact) mass is 492 g/mol. The molecule has 184 valence electrons. The lowest BCUT2D eigenvalue weighted by Gasteiger charge is -2.30. The fourth-order valence-electron chi connectivity index (χ4n) is 4.48. The molecule has 0 saturated heterocycles. The minimum atomic E-state index is -3.79. The predicted molar refractivity (Wildman–Crippen MR) is 138 cm³/mol. The second-order valence-corrected chi connectivity index (χ2v) is 10.6. The van der Waals surface area contributed by atoms with Gasteiger partial charge in [-0.3, -0.25) is 9.10 Å². The molecule has 0 aliphatic carbocycles. The van der Waals surface area contributed by atoms with Crippen LogP contribution in [0.5, 0.6) is 0 Å². The average molecular weight is 493 g/mol. The van der Waals surface area contributed by atoms with Crippen LogP contribution in [0, 0.1) is 0 Å². The van der Waals surface area contributed by atoms with Gasteiger partial charge in [-0.15, -0.1) is 0 Å². The van der Waals surface area contributed by atoms with Crippen LogP contribution >= 0.6 is 0 Å². The Kier molecular flexibility index (Phi) is 8.21. The van der Waals surface area contributed by atoms with Crippen molar-refractivity contribution >= 4 is 21.6 Å². The topological polar surface area (TPSA) is 66.9 Å². The summed E-state index contributed by atoms with van der Waals surface area (Å²) in [7, 11) is -2.18. The number of carbonyl (C=O) groups excluding carboxylic acids is 1. The summed E-state index contributed by atoms with van der Waals surface area (Å²) in [5.41, 5.74) is 3.34. The molecule has 0 atom stereocenters. The van der Waals surface area contributed by atoms with Gasteiger partial charge in [-0.25, -0.2) is 8.42 Å². The molecular weight excluding hydrogens is 460 g/mol. The van der Waals surface area contributed by atoms with Crippen LogP contribution in [0.4, 0.5) is 5.69 Å². The van der Waals surface area contributed by atoms with Crippen molar-refractivity contribution in [3.63, 3.8) is 0 Å². The summed E-state index contributed by atoms with van der Waals surface area (Å²) in [6.45, 7) is 1.85. The Morgan fingerprint density at radius 3 is 2.54 bits per heavy atom. The fraction of sp³-hybridized carbons (Fsp3) is 0.321. The van der Waals surface area contributed by atoms with Crippen molar-refractivity contribution in [3.05, 3.63) is 95.6 Å². The van der Waals surface area contributed by atoms with Crippen molar-refractivity contribution in [2.75, 3.05) is 37.7 Å².